The molecule has 1 aromatic rings. The van der Waals surface area contributed by atoms with E-state index in [-0.39, 0.29) is 69.4 Å². The third kappa shape index (κ3) is 4.59. The molecule has 3 aliphatic rings. The van der Waals surface area contributed by atoms with E-state index in [0.717, 1.165) is 35.7 Å². The van der Waals surface area contributed by atoms with E-state index in [9.17, 15) is 24.6 Å². The zero-order valence-electron chi connectivity index (χ0n) is 16.4. The van der Waals surface area contributed by atoms with Crippen molar-refractivity contribution in [2.24, 2.45) is 5.16 Å². The topological polar surface area (TPSA) is 183 Å². The number of hydrogen-bond donors (Lipinski definition) is 3. The van der Waals surface area contributed by atoms with Gasteiger partial charge in [0.25, 0.3) is 11.8 Å². The summed E-state index contributed by atoms with van der Waals surface area (Å²) in [5, 5.41) is 26.7. The number of carboxylic acid groups (broad SMARTS) is 1. The fraction of sp³-hybridized carbons (Fsp3) is 0.500. The Labute approximate surface area is 206 Å². The zero-order valence-corrected chi connectivity index (χ0v) is 20.1. The number of carboxylic acids is 1. The molecule has 4 rings (SSSR count). The van der Waals surface area contributed by atoms with Gasteiger partial charge >= 0.3 is 29.6 Å². The molecule has 1 saturated heterocycles. The van der Waals surface area contributed by atoms with Crippen LogP contribution in [0.2, 0.25) is 0 Å². The smallest absolute Gasteiger partial charge is 0.543 e. The molecule has 2 aliphatic heterocycles. The third-order valence-corrected chi connectivity index (χ3v) is 6.81. The number of aliphatic hydroxyl groups is 1. The summed E-state index contributed by atoms with van der Waals surface area (Å²) in [5.74, 6) is -2.75. The van der Waals surface area contributed by atoms with Gasteiger partial charge < -0.3 is 30.9 Å². The van der Waals surface area contributed by atoms with Crippen LogP contribution in [-0.2, 0) is 19.2 Å². The fourth-order valence-corrected chi connectivity index (χ4v) is 4.89. The van der Waals surface area contributed by atoms with Crippen molar-refractivity contribution in [1.82, 2.24) is 19.6 Å². The average molecular weight is 476 g/mol. The second-order valence-electron chi connectivity index (χ2n) is 6.81. The first-order valence-corrected chi connectivity index (χ1v) is 10.9. The second kappa shape index (κ2) is 9.83. The zero-order chi connectivity index (χ0) is 21.4. The quantitative estimate of drug-likeness (QED) is 0.149. The molecule has 0 radical (unpaired) electrons. The van der Waals surface area contributed by atoms with Gasteiger partial charge in [-0.3, -0.25) is 14.5 Å². The second-order valence-corrected chi connectivity index (χ2v) is 8.70. The number of nitrogens with zero attached hydrogens (tertiary/aromatic N) is 4. The molecule has 2 amide bonds. The van der Waals surface area contributed by atoms with Crippen LogP contribution in [0.15, 0.2) is 16.4 Å². The van der Waals surface area contributed by atoms with Crippen molar-refractivity contribution >= 4 is 51.9 Å². The number of fused-ring (bicyclic) bond motifs is 1. The number of β-lactam (4-membered cyclic amide) rings is 1. The van der Waals surface area contributed by atoms with Crippen molar-refractivity contribution in [2.45, 2.75) is 36.8 Å². The van der Waals surface area contributed by atoms with E-state index >= 15 is 0 Å². The minimum absolute atomic E-state index is 0. The maximum atomic E-state index is 12.8. The SMILES string of the molecule is Nc1nc(/C(=N/OC2CCC2)C(=O)N[C@@H]2C(=O)N3C(C(=O)[O-])=C(CO)CS[C@H]23)ns1.[Na+]. The first-order valence-electron chi connectivity index (χ1n) is 9.03. The first kappa shape index (κ1) is 23.9. The van der Waals surface area contributed by atoms with Crippen molar-refractivity contribution in [2.75, 3.05) is 18.1 Å². The standard InChI is InChI=1S/C16H18N6O6S2.Na/c17-16-19-11(21-30-16)8(20-28-7-2-1-3-7)12(24)18-9-13(25)22-10(15(26)27)6(4-23)5-29-14(9)22;/h7,9,14,23H,1-5H2,(H,18,24)(H,26,27)(H2,17,19,21);/q;+1/p-1/b20-8-;/t9-,14-;/m1./s1. The number of carbonyl (C=O) groups excluding carboxylic acids is 3. The summed E-state index contributed by atoms with van der Waals surface area (Å²) in [5.41, 5.74) is 5.21. The van der Waals surface area contributed by atoms with Crippen LogP contribution < -0.4 is 45.7 Å². The summed E-state index contributed by atoms with van der Waals surface area (Å²) in [6, 6.07) is -0.984. The Bertz CT molecular complexity index is 964. The molecule has 1 aliphatic carbocycles. The van der Waals surface area contributed by atoms with Gasteiger partial charge in [0.1, 0.15) is 17.5 Å². The van der Waals surface area contributed by atoms with E-state index in [4.69, 9.17) is 10.6 Å². The largest absolute Gasteiger partial charge is 1.00 e. The Hall–Kier alpha value is -1.71. The number of hydrogen-bond acceptors (Lipinski definition) is 12. The maximum absolute atomic E-state index is 12.8. The Kier molecular flexibility index (Phi) is 7.59. The third-order valence-electron chi connectivity index (χ3n) is 4.93. The fourth-order valence-electron chi connectivity index (χ4n) is 3.12. The van der Waals surface area contributed by atoms with Gasteiger partial charge in [0.2, 0.25) is 11.5 Å². The molecule has 4 N–H and O–H groups in total. The molecule has 0 unspecified atom stereocenters. The van der Waals surface area contributed by atoms with E-state index in [1.54, 1.807) is 0 Å². The van der Waals surface area contributed by atoms with E-state index in [2.05, 4.69) is 19.8 Å². The minimum Gasteiger partial charge on any atom is -0.543 e. The van der Waals surface area contributed by atoms with Gasteiger partial charge in [0.05, 0.1) is 18.3 Å². The Balaban J connectivity index is 0.00000272. The van der Waals surface area contributed by atoms with Crippen LogP contribution in [0, 0.1) is 0 Å². The van der Waals surface area contributed by atoms with Crippen LogP contribution in [0.25, 0.3) is 0 Å². The summed E-state index contributed by atoms with van der Waals surface area (Å²) in [7, 11) is 0. The van der Waals surface area contributed by atoms with Crippen LogP contribution in [0.5, 0.6) is 0 Å². The van der Waals surface area contributed by atoms with E-state index < -0.39 is 35.8 Å². The van der Waals surface area contributed by atoms with Gasteiger partial charge in [-0.25, -0.2) is 0 Å². The van der Waals surface area contributed by atoms with E-state index in [1.165, 1.54) is 11.8 Å². The normalized spacial score (nSPS) is 23.3. The Morgan fingerprint density at radius 3 is 2.71 bits per heavy atom. The van der Waals surface area contributed by atoms with E-state index in [1.807, 2.05) is 0 Å². The molecule has 0 spiro atoms. The number of aromatic nitrogens is 2. The van der Waals surface area contributed by atoms with Crippen LogP contribution in [0.3, 0.4) is 0 Å². The van der Waals surface area contributed by atoms with Gasteiger partial charge in [0.15, 0.2) is 5.13 Å². The van der Waals surface area contributed by atoms with Crippen molar-refractivity contribution < 1.29 is 59.0 Å². The number of thioether (sulfide) groups is 1. The molecule has 160 valence electrons. The number of rotatable bonds is 7. The summed E-state index contributed by atoms with van der Waals surface area (Å²) in [6.07, 6.45) is 2.57. The van der Waals surface area contributed by atoms with Crippen molar-refractivity contribution in [1.29, 1.82) is 0 Å². The van der Waals surface area contributed by atoms with Crippen LogP contribution in [0.1, 0.15) is 25.1 Å². The monoisotopic (exact) mass is 476 g/mol. The van der Waals surface area contributed by atoms with Crippen molar-refractivity contribution in [3.05, 3.63) is 17.1 Å². The summed E-state index contributed by atoms with van der Waals surface area (Å²) in [4.78, 5) is 47.2. The minimum atomic E-state index is -1.55. The molecule has 2 fully saturated rings. The molecule has 1 aromatic heterocycles. The Morgan fingerprint density at radius 2 is 2.16 bits per heavy atom. The predicted octanol–water partition coefficient (Wildman–Crippen LogP) is -5.21. The van der Waals surface area contributed by atoms with Crippen LogP contribution in [0.4, 0.5) is 5.13 Å². The summed E-state index contributed by atoms with van der Waals surface area (Å²) >= 11 is 2.11. The van der Waals surface area contributed by atoms with Gasteiger partial charge in [-0.1, -0.05) is 5.16 Å². The van der Waals surface area contributed by atoms with Gasteiger partial charge in [-0.2, -0.15) is 9.36 Å². The molecule has 2 atom stereocenters. The van der Waals surface area contributed by atoms with Crippen molar-refractivity contribution in [3.8, 4) is 0 Å². The first-order chi connectivity index (χ1) is 14.4. The Morgan fingerprint density at radius 1 is 1.42 bits per heavy atom. The number of nitrogens with one attached hydrogen (secondary N) is 1. The molecule has 0 aromatic carbocycles. The molecule has 15 heteroatoms. The van der Waals surface area contributed by atoms with E-state index in [0.29, 0.717) is 0 Å². The van der Waals surface area contributed by atoms with Gasteiger partial charge in [-0.05, 0) is 24.8 Å². The van der Waals surface area contributed by atoms with Crippen LogP contribution in [-0.4, -0.2) is 72.7 Å². The van der Waals surface area contributed by atoms with Gasteiger partial charge in [-0.15, -0.1) is 11.8 Å². The maximum Gasteiger partial charge on any atom is 1.00 e. The average Bonchev–Trinajstić information content (AvgIpc) is 3.12. The van der Waals surface area contributed by atoms with Crippen molar-refractivity contribution in [3.63, 3.8) is 0 Å². The number of amides is 2. The molecule has 3 heterocycles. The predicted molar refractivity (Wildman–Crippen MR) is 104 cm³/mol. The van der Waals surface area contributed by atoms with Crippen LogP contribution >= 0.6 is 23.3 Å². The number of nitrogen functional groups attached to an aromatic ring is 1. The molecule has 1 saturated carbocycles. The molecule has 0 bridgehead atoms. The summed E-state index contributed by atoms with van der Waals surface area (Å²) in [6.45, 7) is -0.504. The molecule has 12 nitrogen and oxygen atoms in total. The number of carbonyl (C=O) groups is 3. The number of nitrogens with two attached hydrogens (primary N) is 1. The van der Waals surface area contributed by atoms with Gasteiger partial charge in [0, 0.05) is 17.3 Å². The number of aliphatic hydroxyl groups excluding tert-OH is 1. The summed E-state index contributed by atoms with van der Waals surface area (Å²) < 4.78 is 3.98. The number of oxime groups is 1. The number of aliphatic carboxylic acids is 1. The molecular formula is C16H17N6NaO6S2. The molecule has 31 heavy (non-hydrogen) atoms. The molecular weight excluding hydrogens is 459 g/mol. The number of anilines is 1.